The van der Waals surface area contributed by atoms with Crippen molar-refractivity contribution in [1.29, 1.82) is 0 Å². The van der Waals surface area contributed by atoms with Crippen LogP contribution < -0.4 is 10.1 Å². The summed E-state index contributed by atoms with van der Waals surface area (Å²) in [6, 6.07) is 7.47. The average molecular weight is 317 g/mol. The van der Waals surface area contributed by atoms with Crippen LogP contribution in [0.2, 0.25) is 0 Å². The Balaban J connectivity index is 1.58. The number of imide groups is 1. The van der Waals surface area contributed by atoms with E-state index in [9.17, 15) is 9.59 Å². The van der Waals surface area contributed by atoms with Crippen LogP contribution in [0, 0.1) is 0 Å². The molecule has 23 heavy (non-hydrogen) atoms. The number of likely N-dealkylation sites (tertiary alicyclic amines) is 1. The van der Waals surface area contributed by atoms with Gasteiger partial charge < -0.3 is 10.1 Å². The van der Waals surface area contributed by atoms with Gasteiger partial charge in [0.25, 0.3) is 0 Å². The lowest BCUT2D eigenvalue weighted by Gasteiger charge is -2.31. The highest BCUT2D eigenvalue weighted by Gasteiger charge is 2.41. The minimum absolute atomic E-state index is 0.0367. The van der Waals surface area contributed by atoms with Crippen molar-refractivity contribution in [3.8, 4) is 5.75 Å². The van der Waals surface area contributed by atoms with Gasteiger partial charge in [-0.15, -0.1) is 0 Å². The fraction of sp³-hybridized carbons (Fsp3) is 0.529. The van der Waals surface area contributed by atoms with Crippen molar-refractivity contribution in [1.82, 2.24) is 15.1 Å². The molecule has 6 nitrogen and oxygen atoms in total. The summed E-state index contributed by atoms with van der Waals surface area (Å²) < 4.78 is 5.13. The first-order valence-electron chi connectivity index (χ1n) is 8.11. The van der Waals surface area contributed by atoms with Crippen molar-refractivity contribution in [2.75, 3.05) is 39.8 Å². The van der Waals surface area contributed by atoms with Crippen LogP contribution in [0.4, 0.5) is 0 Å². The van der Waals surface area contributed by atoms with Gasteiger partial charge in [-0.05, 0) is 24.1 Å². The van der Waals surface area contributed by atoms with Gasteiger partial charge in [-0.25, -0.2) is 0 Å². The predicted octanol–water partition coefficient (Wildman–Crippen LogP) is 0.270. The van der Waals surface area contributed by atoms with Crippen LogP contribution in [0.15, 0.2) is 24.3 Å². The Morgan fingerprint density at radius 2 is 1.87 bits per heavy atom. The van der Waals surface area contributed by atoms with Crippen molar-refractivity contribution in [2.45, 2.75) is 18.9 Å². The second kappa shape index (κ2) is 7.10. The van der Waals surface area contributed by atoms with E-state index in [1.165, 1.54) is 4.90 Å². The molecule has 2 heterocycles. The first-order chi connectivity index (χ1) is 11.2. The van der Waals surface area contributed by atoms with Crippen molar-refractivity contribution in [3.05, 3.63) is 29.8 Å². The molecular weight excluding hydrogens is 294 g/mol. The number of benzene rings is 1. The molecule has 1 aromatic carbocycles. The van der Waals surface area contributed by atoms with Crippen LogP contribution in [0.1, 0.15) is 12.0 Å². The van der Waals surface area contributed by atoms with E-state index < -0.39 is 0 Å². The molecule has 124 valence electrons. The summed E-state index contributed by atoms with van der Waals surface area (Å²) in [5, 5.41) is 3.27. The zero-order valence-electron chi connectivity index (χ0n) is 13.5. The van der Waals surface area contributed by atoms with Gasteiger partial charge in [0.05, 0.1) is 19.6 Å². The van der Waals surface area contributed by atoms with Crippen LogP contribution in [-0.4, -0.2) is 67.5 Å². The summed E-state index contributed by atoms with van der Waals surface area (Å²) in [5.41, 5.74) is 1.09. The summed E-state index contributed by atoms with van der Waals surface area (Å²) >= 11 is 0. The zero-order valence-corrected chi connectivity index (χ0v) is 13.5. The molecule has 0 saturated carbocycles. The third kappa shape index (κ3) is 3.54. The number of carbonyl (C=O) groups is 2. The highest BCUT2D eigenvalue weighted by molar-refractivity contribution is 6.05. The lowest BCUT2D eigenvalue weighted by Crippen LogP contribution is -2.51. The Labute approximate surface area is 136 Å². The van der Waals surface area contributed by atoms with Gasteiger partial charge in [0.2, 0.25) is 11.8 Å². The maximum Gasteiger partial charge on any atom is 0.247 e. The standard InChI is InChI=1S/C17H23N3O3/c1-23-14-4-2-13(3-5-14)6-9-20-16(21)12-15(17(20)22)19-10-7-18-8-11-19/h2-5,15,18H,6-12H2,1H3/t15-/m0/s1. The normalized spacial score (nSPS) is 22.7. The number of hydrogen-bond donors (Lipinski definition) is 1. The van der Waals surface area contributed by atoms with Gasteiger partial charge in [0, 0.05) is 32.7 Å². The molecule has 0 radical (unpaired) electrons. The lowest BCUT2D eigenvalue weighted by atomic mass is 10.1. The minimum Gasteiger partial charge on any atom is -0.497 e. The van der Waals surface area contributed by atoms with E-state index in [-0.39, 0.29) is 17.9 Å². The number of carbonyl (C=O) groups excluding carboxylic acids is 2. The average Bonchev–Trinajstić information content (AvgIpc) is 2.88. The van der Waals surface area contributed by atoms with E-state index in [1.54, 1.807) is 7.11 Å². The molecule has 2 aliphatic heterocycles. The first-order valence-corrected chi connectivity index (χ1v) is 8.11. The van der Waals surface area contributed by atoms with Crippen LogP contribution in [0.25, 0.3) is 0 Å². The topological polar surface area (TPSA) is 61.9 Å². The van der Waals surface area contributed by atoms with Gasteiger partial charge in [0.15, 0.2) is 0 Å². The largest absolute Gasteiger partial charge is 0.497 e. The van der Waals surface area contributed by atoms with E-state index in [0.717, 1.165) is 37.5 Å². The SMILES string of the molecule is COc1ccc(CCN2C(=O)C[C@H](N3CCNCC3)C2=O)cc1. The Morgan fingerprint density at radius 1 is 1.17 bits per heavy atom. The predicted molar refractivity (Wildman–Crippen MR) is 86.3 cm³/mol. The summed E-state index contributed by atoms with van der Waals surface area (Å²) in [4.78, 5) is 28.3. The van der Waals surface area contributed by atoms with Crippen LogP contribution in [0.5, 0.6) is 5.75 Å². The maximum absolute atomic E-state index is 12.6. The molecule has 2 amide bonds. The summed E-state index contributed by atoms with van der Waals surface area (Å²) in [7, 11) is 1.63. The van der Waals surface area contributed by atoms with Crippen molar-refractivity contribution >= 4 is 11.8 Å². The fourth-order valence-electron chi connectivity index (χ4n) is 3.21. The zero-order chi connectivity index (χ0) is 16.2. The van der Waals surface area contributed by atoms with Gasteiger partial charge in [-0.3, -0.25) is 19.4 Å². The van der Waals surface area contributed by atoms with Gasteiger partial charge in [0.1, 0.15) is 5.75 Å². The van der Waals surface area contributed by atoms with Gasteiger partial charge in [-0.1, -0.05) is 12.1 Å². The number of nitrogens with zero attached hydrogens (tertiary/aromatic N) is 2. The highest BCUT2D eigenvalue weighted by atomic mass is 16.5. The number of ether oxygens (including phenoxy) is 1. The molecule has 3 rings (SSSR count). The van der Waals surface area contributed by atoms with E-state index in [0.29, 0.717) is 19.4 Å². The van der Waals surface area contributed by atoms with Crippen molar-refractivity contribution < 1.29 is 14.3 Å². The van der Waals surface area contributed by atoms with E-state index in [4.69, 9.17) is 4.74 Å². The van der Waals surface area contributed by atoms with E-state index >= 15 is 0 Å². The molecule has 0 spiro atoms. The molecule has 2 fully saturated rings. The number of nitrogens with one attached hydrogen (secondary N) is 1. The Morgan fingerprint density at radius 3 is 2.52 bits per heavy atom. The molecule has 2 aliphatic rings. The third-order valence-corrected chi connectivity index (χ3v) is 4.60. The molecule has 6 heteroatoms. The molecule has 1 atom stereocenters. The number of amides is 2. The van der Waals surface area contributed by atoms with E-state index in [1.807, 2.05) is 24.3 Å². The van der Waals surface area contributed by atoms with Gasteiger partial charge >= 0.3 is 0 Å². The Bertz CT molecular complexity index is 567. The molecule has 1 N–H and O–H groups in total. The molecule has 0 bridgehead atoms. The van der Waals surface area contributed by atoms with Crippen LogP contribution in [0.3, 0.4) is 0 Å². The molecule has 2 saturated heterocycles. The van der Waals surface area contributed by atoms with Crippen molar-refractivity contribution in [2.24, 2.45) is 0 Å². The molecule has 0 unspecified atom stereocenters. The summed E-state index contributed by atoms with van der Waals surface area (Å²) in [6.07, 6.45) is 0.997. The van der Waals surface area contributed by atoms with Crippen LogP contribution >= 0.6 is 0 Å². The maximum atomic E-state index is 12.6. The summed E-state index contributed by atoms with van der Waals surface area (Å²) in [6.45, 7) is 3.87. The first kappa shape index (κ1) is 16.0. The fourth-order valence-corrected chi connectivity index (χ4v) is 3.21. The van der Waals surface area contributed by atoms with E-state index in [2.05, 4.69) is 10.2 Å². The molecular formula is C17H23N3O3. The second-order valence-corrected chi connectivity index (χ2v) is 5.99. The molecule has 0 aromatic heterocycles. The van der Waals surface area contributed by atoms with Crippen molar-refractivity contribution in [3.63, 3.8) is 0 Å². The third-order valence-electron chi connectivity index (χ3n) is 4.60. The molecule has 0 aliphatic carbocycles. The number of rotatable bonds is 5. The monoisotopic (exact) mass is 317 g/mol. The number of hydrogen-bond acceptors (Lipinski definition) is 5. The summed E-state index contributed by atoms with van der Waals surface area (Å²) in [5.74, 6) is 0.721. The lowest BCUT2D eigenvalue weighted by molar-refractivity contribution is -0.139. The smallest absolute Gasteiger partial charge is 0.247 e. The Hall–Kier alpha value is -1.92. The quantitative estimate of drug-likeness (QED) is 0.790. The highest BCUT2D eigenvalue weighted by Crippen LogP contribution is 2.20. The number of piperazine rings is 1. The van der Waals surface area contributed by atoms with Crippen LogP contribution in [-0.2, 0) is 16.0 Å². The minimum atomic E-state index is -0.263. The number of methoxy groups -OCH3 is 1. The molecule has 1 aromatic rings. The Kier molecular flexibility index (Phi) is 4.93. The van der Waals surface area contributed by atoms with Gasteiger partial charge in [-0.2, -0.15) is 0 Å². The second-order valence-electron chi connectivity index (χ2n) is 5.99.